The normalized spacial score (nSPS) is 15.7. The molecule has 1 unspecified atom stereocenters. The van der Waals surface area contributed by atoms with Gasteiger partial charge in [0.25, 0.3) is 0 Å². The summed E-state index contributed by atoms with van der Waals surface area (Å²) >= 11 is 1.40. The summed E-state index contributed by atoms with van der Waals surface area (Å²) in [6, 6.07) is 18.4. The lowest BCUT2D eigenvalue weighted by atomic mass is 9.82. The van der Waals surface area contributed by atoms with Crippen molar-refractivity contribution in [3.05, 3.63) is 93.2 Å². The maximum absolute atomic E-state index is 13.1. The molecule has 31 heavy (non-hydrogen) atoms. The van der Waals surface area contributed by atoms with E-state index in [1.807, 2.05) is 36.6 Å². The second kappa shape index (κ2) is 10.0. The Hall–Kier alpha value is -3.50. The Kier molecular flexibility index (Phi) is 7.16. The summed E-state index contributed by atoms with van der Waals surface area (Å²) < 4.78 is 10.3. The molecule has 7 heteroatoms. The third-order valence-electron chi connectivity index (χ3n) is 4.95. The van der Waals surface area contributed by atoms with E-state index < -0.39 is 17.9 Å². The zero-order valence-corrected chi connectivity index (χ0v) is 18.3. The van der Waals surface area contributed by atoms with Crippen LogP contribution in [0.3, 0.4) is 0 Å². The van der Waals surface area contributed by atoms with Crippen molar-refractivity contribution in [1.29, 1.82) is 5.26 Å². The Morgan fingerprint density at radius 1 is 1.10 bits per heavy atom. The molecule has 6 nitrogen and oxygen atoms in total. The van der Waals surface area contributed by atoms with E-state index in [2.05, 4.69) is 11.4 Å². The minimum Gasteiger partial charge on any atom is -0.465 e. The molecule has 1 N–H and O–H groups in total. The molecular weight excluding hydrogens is 412 g/mol. The Morgan fingerprint density at radius 3 is 2.35 bits per heavy atom. The molecule has 0 radical (unpaired) electrons. The van der Waals surface area contributed by atoms with Crippen molar-refractivity contribution in [3.8, 4) is 6.07 Å². The number of carbonyl (C=O) groups is 2. The molecule has 0 bridgehead atoms. The largest absolute Gasteiger partial charge is 0.465 e. The van der Waals surface area contributed by atoms with Crippen molar-refractivity contribution in [2.24, 2.45) is 0 Å². The first-order valence-corrected chi connectivity index (χ1v) is 10.8. The van der Waals surface area contributed by atoms with Gasteiger partial charge in [-0.05, 0) is 36.4 Å². The third kappa shape index (κ3) is 4.81. The van der Waals surface area contributed by atoms with Gasteiger partial charge < -0.3 is 14.8 Å². The average Bonchev–Trinajstić information content (AvgIpc) is 2.81. The SMILES string of the molecule is COC(=O)c1ccc(C2C(C#N)=C(SC)NC(C)=C2C(=O)OCc2ccccc2)cc1. The van der Waals surface area contributed by atoms with Gasteiger partial charge in [-0.2, -0.15) is 5.26 Å². The number of benzene rings is 2. The van der Waals surface area contributed by atoms with E-state index in [0.717, 1.165) is 5.56 Å². The van der Waals surface area contributed by atoms with Crippen LogP contribution in [-0.2, 0) is 20.9 Å². The molecule has 3 rings (SSSR count). The van der Waals surface area contributed by atoms with Gasteiger partial charge in [-0.15, -0.1) is 11.8 Å². The highest BCUT2D eigenvalue weighted by atomic mass is 32.2. The molecule has 2 aromatic carbocycles. The lowest BCUT2D eigenvalue weighted by molar-refractivity contribution is -0.140. The molecule has 0 aliphatic carbocycles. The van der Waals surface area contributed by atoms with Crippen LogP contribution in [0.2, 0.25) is 0 Å². The van der Waals surface area contributed by atoms with Crippen LogP contribution in [0.1, 0.15) is 34.3 Å². The molecule has 0 spiro atoms. The number of nitrogens with zero attached hydrogens (tertiary/aromatic N) is 1. The zero-order chi connectivity index (χ0) is 22.4. The van der Waals surface area contributed by atoms with Crippen molar-refractivity contribution in [2.75, 3.05) is 13.4 Å². The summed E-state index contributed by atoms with van der Waals surface area (Å²) in [7, 11) is 1.32. The number of nitrogens with one attached hydrogen (secondary N) is 1. The van der Waals surface area contributed by atoms with E-state index in [0.29, 0.717) is 33.0 Å². The number of rotatable bonds is 6. The minimum absolute atomic E-state index is 0.130. The molecule has 0 amide bonds. The fourth-order valence-corrected chi connectivity index (χ4v) is 4.05. The predicted molar refractivity (Wildman–Crippen MR) is 119 cm³/mol. The van der Waals surface area contributed by atoms with Crippen LogP contribution >= 0.6 is 11.8 Å². The Bertz CT molecular complexity index is 1080. The highest BCUT2D eigenvalue weighted by molar-refractivity contribution is 8.02. The molecule has 2 aromatic rings. The number of thioether (sulfide) groups is 1. The number of carbonyl (C=O) groups excluding carboxylic acids is 2. The van der Waals surface area contributed by atoms with Crippen molar-refractivity contribution < 1.29 is 19.1 Å². The molecule has 1 heterocycles. The lowest BCUT2D eigenvalue weighted by Crippen LogP contribution is -2.28. The summed E-state index contributed by atoms with van der Waals surface area (Å²) in [6.45, 7) is 1.92. The fourth-order valence-electron chi connectivity index (χ4n) is 3.41. The molecule has 158 valence electrons. The van der Waals surface area contributed by atoms with Crippen molar-refractivity contribution >= 4 is 23.7 Å². The van der Waals surface area contributed by atoms with E-state index in [-0.39, 0.29) is 6.61 Å². The summed E-state index contributed by atoms with van der Waals surface area (Å²) in [5.74, 6) is -1.56. The van der Waals surface area contributed by atoms with Gasteiger partial charge in [0.15, 0.2) is 0 Å². The molecule has 1 aliphatic heterocycles. The monoisotopic (exact) mass is 434 g/mol. The van der Waals surface area contributed by atoms with Gasteiger partial charge in [0.2, 0.25) is 0 Å². The molecule has 0 fully saturated rings. The Labute approximate surface area is 185 Å². The fraction of sp³-hybridized carbons (Fsp3) is 0.208. The van der Waals surface area contributed by atoms with Gasteiger partial charge in [-0.25, -0.2) is 9.59 Å². The van der Waals surface area contributed by atoms with Gasteiger partial charge in [0, 0.05) is 5.70 Å². The second-order valence-electron chi connectivity index (χ2n) is 6.83. The summed E-state index contributed by atoms with van der Waals surface area (Å²) in [5, 5.41) is 13.7. The van der Waals surface area contributed by atoms with E-state index in [1.54, 1.807) is 31.2 Å². The van der Waals surface area contributed by atoms with Gasteiger partial charge >= 0.3 is 11.9 Å². The Balaban J connectivity index is 1.98. The smallest absolute Gasteiger partial charge is 0.337 e. The first-order chi connectivity index (χ1) is 15.0. The molecule has 1 aliphatic rings. The predicted octanol–water partition coefficient (Wildman–Crippen LogP) is 4.28. The van der Waals surface area contributed by atoms with Crippen LogP contribution in [0.4, 0.5) is 0 Å². The first-order valence-electron chi connectivity index (χ1n) is 9.55. The van der Waals surface area contributed by atoms with Crippen LogP contribution in [0.25, 0.3) is 0 Å². The van der Waals surface area contributed by atoms with E-state index >= 15 is 0 Å². The van der Waals surface area contributed by atoms with Gasteiger partial charge in [-0.3, -0.25) is 0 Å². The molecule has 0 aromatic heterocycles. The third-order valence-corrected chi connectivity index (χ3v) is 5.68. The maximum Gasteiger partial charge on any atom is 0.337 e. The summed E-state index contributed by atoms with van der Waals surface area (Å²) in [4.78, 5) is 24.9. The number of esters is 2. The van der Waals surface area contributed by atoms with Crippen LogP contribution in [-0.4, -0.2) is 25.3 Å². The number of ether oxygens (including phenoxy) is 2. The number of hydrogen-bond donors (Lipinski definition) is 1. The first kappa shape index (κ1) is 22.2. The number of methoxy groups -OCH3 is 1. The van der Waals surface area contributed by atoms with Crippen LogP contribution in [0, 0.1) is 11.3 Å². The van der Waals surface area contributed by atoms with E-state index in [4.69, 9.17) is 9.47 Å². The van der Waals surface area contributed by atoms with Crippen LogP contribution in [0.5, 0.6) is 0 Å². The number of nitriles is 1. The lowest BCUT2D eigenvalue weighted by Gasteiger charge is -2.29. The number of dihydropyridines is 1. The van der Waals surface area contributed by atoms with Crippen LogP contribution in [0.15, 0.2) is 76.5 Å². The second-order valence-corrected chi connectivity index (χ2v) is 7.65. The van der Waals surface area contributed by atoms with E-state index in [1.165, 1.54) is 18.9 Å². The highest BCUT2D eigenvalue weighted by Crippen LogP contribution is 2.40. The van der Waals surface area contributed by atoms with Crippen LogP contribution < -0.4 is 5.32 Å². The summed E-state index contributed by atoms with van der Waals surface area (Å²) in [6.07, 6.45) is 1.86. The molecule has 1 atom stereocenters. The molecule has 0 saturated heterocycles. The minimum atomic E-state index is -0.608. The summed E-state index contributed by atoms with van der Waals surface area (Å²) in [5.41, 5.74) is 3.40. The average molecular weight is 435 g/mol. The quantitative estimate of drug-likeness (QED) is 0.679. The number of hydrogen-bond acceptors (Lipinski definition) is 7. The molecule has 0 saturated carbocycles. The van der Waals surface area contributed by atoms with Crippen molar-refractivity contribution in [2.45, 2.75) is 19.4 Å². The zero-order valence-electron chi connectivity index (χ0n) is 17.5. The Morgan fingerprint density at radius 2 is 1.77 bits per heavy atom. The topological polar surface area (TPSA) is 88.4 Å². The number of allylic oxidation sites excluding steroid dienone is 2. The van der Waals surface area contributed by atoms with Crippen molar-refractivity contribution in [1.82, 2.24) is 5.32 Å². The van der Waals surface area contributed by atoms with Gasteiger partial charge in [0.1, 0.15) is 6.61 Å². The highest BCUT2D eigenvalue weighted by Gasteiger charge is 2.35. The van der Waals surface area contributed by atoms with Gasteiger partial charge in [0.05, 0.1) is 40.8 Å². The molecular formula is C24H22N2O4S. The van der Waals surface area contributed by atoms with Crippen molar-refractivity contribution in [3.63, 3.8) is 0 Å². The standard InChI is InChI=1S/C24H22N2O4S/c1-15-20(24(28)30-14-16-7-5-4-6-8-16)21(19(13-25)22(26-15)31-3)17-9-11-18(12-10-17)23(27)29-2/h4-12,21,26H,14H2,1-3H3. The van der Waals surface area contributed by atoms with E-state index in [9.17, 15) is 14.9 Å². The maximum atomic E-state index is 13.1. The van der Waals surface area contributed by atoms with Gasteiger partial charge in [-0.1, -0.05) is 42.5 Å².